The summed E-state index contributed by atoms with van der Waals surface area (Å²) in [7, 11) is -3.58. The Kier molecular flexibility index (Phi) is 9.09. The normalized spacial score (nSPS) is 28.4. The molecule has 3 fully saturated rings. The van der Waals surface area contributed by atoms with Gasteiger partial charge in [-0.05, 0) is 62.0 Å². The van der Waals surface area contributed by atoms with Crippen LogP contribution in [0.15, 0.2) is 24.3 Å². The summed E-state index contributed by atoms with van der Waals surface area (Å²) in [6.45, 7) is 4.26. The zero-order valence-electron chi connectivity index (χ0n) is 24.7. The zero-order chi connectivity index (χ0) is 29.3. The van der Waals surface area contributed by atoms with E-state index in [1.165, 1.54) is 16.1 Å². The van der Waals surface area contributed by atoms with Gasteiger partial charge in [0.2, 0.25) is 27.7 Å². The average molecular weight is 587 g/mol. The number of aryl methyl sites for hydroxylation is 1. The van der Waals surface area contributed by atoms with Gasteiger partial charge in [-0.3, -0.25) is 14.4 Å². The molecule has 3 amide bonds. The van der Waals surface area contributed by atoms with Crippen LogP contribution < -0.4 is 10.6 Å². The molecule has 0 spiro atoms. The number of benzene rings is 1. The van der Waals surface area contributed by atoms with Crippen LogP contribution in [0.5, 0.6) is 0 Å². The smallest absolute Gasteiger partial charge is 0.245 e. The number of hydrogen-bond acceptors (Lipinski definition) is 5. The number of nitrogens with zero attached hydrogens (tertiary/aromatic N) is 2. The summed E-state index contributed by atoms with van der Waals surface area (Å²) in [6.07, 6.45) is 10.0. The second kappa shape index (κ2) is 12.4. The summed E-state index contributed by atoms with van der Waals surface area (Å²) >= 11 is 0. The maximum absolute atomic E-state index is 14.3. The summed E-state index contributed by atoms with van der Waals surface area (Å²) in [4.78, 5) is 43.0. The lowest BCUT2D eigenvalue weighted by atomic mass is 9.82. The van der Waals surface area contributed by atoms with E-state index in [4.69, 9.17) is 0 Å². The zero-order valence-corrected chi connectivity index (χ0v) is 25.5. The molecule has 4 aliphatic rings. The molecule has 2 saturated heterocycles. The van der Waals surface area contributed by atoms with Crippen LogP contribution >= 0.6 is 0 Å². The topological polar surface area (TPSA) is 116 Å². The first-order valence-corrected chi connectivity index (χ1v) is 17.4. The van der Waals surface area contributed by atoms with E-state index in [9.17, 15) is 22.8 Å². The van der Waals surface area contributed by atoms with E-state index in [0.29, 0.717) is 19.4 Å². The number of nitrogens with one attached hydrogen (secondary N) is 2. The van der Waals surface area contributed by atoms with Crippen molar-refractivity contribution in [2.75, 3.05) is 19.3 Å². The van der Waals surface area contributed by atoms with Crippen molar-refractivity contribution in [2.24, 2.45) is 17.8 Å². The summed E-state index contributed by atoms with van der Waals surface area (Å²) in [6, 6.07) is 6.37. The molecule has 1 aromatic carbocycles. The fraction of sp³-hybridized carbons (Fsp3) is 0.710. The van der Waals surface area contributed by atoms with Crippen molar-refractivity contribution in [3.05, 3.63) is 35.4 Å². The predicted octanol–water partition coefficient (Wildman–Crippen LogP) is 3.15. The molecule has 1 saturated carbocycles. The van der Waals surface area contributed by atoms with Gasteiger partial charge in [-0.15, -0.1) is 0 Å². The number of rotatable bonds is 8. The molecule has 10 heteroatoms. The Morgan fingerprint density at radius 1 is 1.02 bits per heavy atom. The van der Waals surface area contributed by atoms with Crippen LogP contribution in [0.25, 0.3) is 0 Å². The summed E-state index contributed by atoms with van der Waals surface area (Å²) in [5.74, 6) is -1.33. The monoisotopic (exact) mass is 586 g/mol. The fourth-order valence-electron chi connectivity index (χ4n) is 7.60. The van der Waals surface area contributed by atoms with Gasteiger partial charge in [0, 0.05) is 25.0 Å². The maximum atomic E-state index is 14.3. The third-order valence-corrected chi connectivity index (χ3v) is 11.3. The standard InChI is InChI=1S/C31H46N4O5S/c1-4-20(2)29(36)33-27(22-12-6-5-7-13-22)31(38)34-18-17-26-28(34)24(19-35(26)41(3,39)40)30(37)32-25-16-10-14-21-11-8-9-15-23(21)25/h8-9,11,15,20,22,24-28H,4-7,10,12-14,16-19H2,1-3H3,(H,32,37)(H,33,36)/t20-,24+,25-,26-,27+,28-/m1/s1. The molecule has 226 valence electrons. The van der Waals surface area contributed by atoms with Crippen molar-refractivity contribution in [3.63, 3.8) is 0 Å². The third kappa shape index (κ3) is 6.19. The molecular weight excluding hydrogens is 540 g/mol. The number of likely N-dealkylation sites (tertiary alicyclic amines) is 1. The van der Waals surface area contributed by atoms with E-state index in [0.717, 1.165) is 56.9 Å². The molecule has 9 nitrogen and oxygen atoms in total. The Balaban J connectivity index is 1.41. The van der Waals surface area contributed by atoms with Crippen molar-refractivity contribution < 1.29 is 22.8 Å². The van der Waals surface area contributed by atoms with Crippen LogP contribution in [-0.4, -0.2) is 72.8 Å². The van der Waals surface area contributed by atoms with Crippen LogP contribution in [0.4, 0.5) is 0 Å². The first-order chi connectivity index (χ1) is 19.6. The Morgan fingerprint density at radius 3 is 2.46 bits per heavy atom. The molecule has 5 rings (SSSR count). The quantitative estimate of drug-likeness (QED) is 0.486. The molecule has 0 bridgehead atoms. The maximum Gasteiger partial charge on any atom is 0.245 e. The molecule has 2 N–H and O–H groups in total. The van der Waals surface area contributed by atoms with Crippen molar-refractivity contribution in [3.8, 4) is 0 Å². The van der Waals surface area contributed by atoms with E-state index >= 15 is 0 Å². The molecule has 6 atom stereocenters. The van der Waals surface area contributed by atoms with Crippen molar-refractivity contribution >= 4 is 27.7 Å². The molecule has 0 radical (unpaired) electrons. The SMILES string of the molecule is CC[C@@H](C)C(=O)N[C@H](C(=O)N1CC[C@@H]2[C@H]1[C@@H](C(=O)N[C@@H]1CCCc3ccccc31)CN2S(C)(=O)=O)C1CCCCC1. The van der Waals surface area contributed by atoms with Gasteiger partial charge in [0.05, 0.1) is 24.3 Å². The van der Waals surface area contributed by atoms with Gasteiger partial charge in [0.15, 0.2) is 0 Å². The minimum atomic E-state index is -3.58. The molecule has 41 heavy (non-hydrogen) atoms. The van der Waals surface area contributed by atoms with E-state index in [1.54, 1.807) is 4.90 Å². The Labute approximate surface area is 244 Å². The summed E-state index contributed by atoms with van der Waals surface area (Å²) in [5.41, 5.74) is 2.35. The molecule has 1 aromatic rings. The third-order valence-electron chi connectivity index (χ3n) is 10.1. The molecule has 2 heterocycles. The van der Waals surface area contributed by atoms with Gasteiger partial charge in [-0.25, -0.2) is 8.42 Å². The molecule has 0 unspecified atom stereocenters. The number of amides is 3. The van der Waals surface area contributed by atoms with Crippen LogP contribution in [0.1, 0.15) is 88.8 Å². The van der Waals surface area contributed by atoms with Gasteiger partial charge >= 0.3 is 0 Å². The van der Waals surface area contributed by atoms with Crippen molar-refractivity contribution in [1.82, 2.24) is 19.8 Å². The lowest BCUT2D eigenvalue weighted by Crippen LogP contribution is -2.57. The highest BCUT2D eigenvalue weighted by molar-refractivity contribution is 7.88. The van der Waals surface area contributed by atoms with Gasteiger partial charge in [-0.1, -0.05) is 57.4 Å². The molecule has 2 aliphatic heterocycles. The average Bonchev–Trinajstić information content (AvgIpc) is 3.56. The minimum Gasteiger partial charge on any atom is -0.349 e. The van der Waals surface area contributed by atoms with Crippen LogP contribution in [0.2, 0.25) is 0 Å². The summed E-state index contributed by atoms with van der Waals surface area (Å²) in [5, 5.41) is 6.33. The highest BCUT2D eigenvalue weighted by Crippen LogP contribution is 2.40. The first kappa shape index (κ1) is 30.0. The second-order valence-corrected chi connectivity index (χ2v) is 14.6. The Morgan fingerprint density at radius 2 is 1.76 bits per heavy atom. The van der Waals surface area contributed by atoms with Gasteiger partial charge in [-0.2, -0.15) is 4.31 Å². The lowest BCUT2D eigenvalue weighted by Gasteiger charge is -2.36. The van der Waals surface area contributed by atoms with E-state index < -0.39 is 34.1 Å². The van der Waals surface area contributed by atoms with E-state index in [1.807, 2.05) is 26.0 Å². The minimum absolute atomic E-state index is 0.0433. The van der Waals surface area contributed by atoms with Crippen LogP contribution in [0.3, 0.4) is 0 Å². The van der Waals surface area contributed by atoms with E-state index in [-0.39, 0.29) is 42.1 Å². The Hall–Kier alpha value is -2.46. The van der Waals surface area contributed by atoms with Gasteiger partial charge in [0.1, 0.15) is 6.04 Å². The van der Waals surface area contributed by atoms with Crippen LogP contribution in [-0.2, 0) is 30.8 Å². The van der Waals surface area contributed by atoms with Gasteiger partial charge < -0.3 is 15.5 Å². The fourth-order valence-corrected chi connectivity index (χ4v) is 8.76. The number of carbonyl (C=O) groups is 3. The van der Waals surface area contributed by atoms with Crippen molar-refractivity contribution in [1.29, 1.82) is 0 Å². The number of fused-ring (bicyclic) bond motifs is 2. The number of hydrogen-bond donors (Lipinski definition) is 2. The largest absolute Gasteiger partial charge is 0.349 e. The van der Waals surface area contributed by atoms with E-state index in [2.05, 4.69) is 22.8 Å². The number of carbonyl (C=O) groups excluding carboxylic acids is 3. The molecular formula is C31H46N4O5S. The first-order valence-electron chi connectivity index (χ1n) is 15.6. The highest BCUT2D eigenvalue weighted by atomic mass is 32.2. The molecule has 0 aromatic heterocycles. The predicted molar refractivity (Wildman–Crippen MR) is 157 cm³/mol. The summed E-state index contributed by atoms with van der Waals surface area (Å²) < 4.78 is 27.1. The highest BCUT2D eigenvalue weighted by Gasteiger charge is 2.56. The van der Waals surface area contributed by atoms with Crippen molar-refractivity contribution in [2.45, 2.75) is 102 Å². The Bertz CT molecular complexity index is 1250. The lowest BCUT2D eigenvalue weighted by molar-refractivity contribution is -0.141. The second-order valence-electron chi connectivity index (χ2n) is 12.7. The number of sulfonamides is 1. The molecule has 2 aliphatic carbocycles. The van der Waals surface area contributed by atoms with Gasteiger partial charge in [0.25, 0.3) is 0 Å². The van der Waals surface area contributed by atoms with Crippen LogP contribution in [0, 0.1) is 17.8 Å².